The van der Waals surface area contributed by atoms with Gasteiger partial charge in [0.25, 0.3) is 0 Å². The first-order valence-electron chi connectivity index (χ1n) is 8.91. The summed E-state index contributed by atoms with van der Waals surface area (Å²) in [6, 6.07) is 0. The molecule has 5 nitrogen and oxygen atoms in total. The van der Waals surface area contributed by atoms with Crippen molar-refractivity contribution in [3.05, 3.63) is 16.1 Å². The lowest BCUT2D eigenvalue weighted by Gasteiger charge is -2.33. The van der Waals surface area contributed by atoms with Gasteiger partial charge < -0.3 is 15.1 Å². The van der Waals surface area contributed by atoms with Crippen LogP contribution in [-0.2, 0) is 11.2 Å². The van der Waals surface area contributed by atoms with Crippen molar-refractivity contribution >= 4 is 42.1 Å². The Bertz CT molecular complexity index is 523. The molecular weight excluding hydrogens is 379 g/mol. The Morgan fingerprint density at radius 1 is 1.32 bits per heavy atom. The van der Waals surface area contributed by atoms with E-state index in [1.807, 2.05) is 16.2 Å². The number of hydrogen-bond acceptors (Lipinski definition) is 5. The first-order chi connectivity index (χ1) is 11.3. The van der Waals surface area contributed by atoms with Crippen molar-refractivity contribution in [2.24, 2.45) is 0 Å². The van der Waals surface area contributed by atoms with Gasteiger partial charge >= 0.3 is 0 Å². The number of amides is 1. The third-order valence-electron chi connectivity index (χ3n) is 4.90. The van der Waals surface area contributed by atoms with E-state index in [9.17, 15) is 4.79 Å². The highest BCUT2D eigenvalue weighted by Crippen LogP contribution is 2.29. The van der Waals surface area contributed by atoms with Crippen molar-refractivity contribution in [2.45, 2.75) is 38.5 Å². The topological polar surface area (TPSA) is 48.5 Å². The zero-order chi connectivity index (χ0) is 16.1. The lowest BCUT2D eigenvalue weighted by Crippen LogP contribution is -2.47. The van der Waals surface area contributed by atoms with Crippen molar-refractivity contribution in [2.75, 3.05) is 45.8 Å². The van der Waals surface area contributed by atoms with Crippen LogP contribution in [0.2, 0.25) is 0 Å². The monoisotopic (exact) mass is 408 g/mol. The fourth-order valence-electron chi connectivity index (χ4n) is 3.46. The second kappa shape index (κ2) is 11.3. The van der Waals surface area contributed by atoms with Gasteiger partial charge in [0.15, 0.2) is 0 Å². The van der Waals surface area contributed by atoms with Crippen LogP contribution in [0.4, 0.5) is 0 Å². The van der Waals surface area contributed by atoms with Gasteiger partial charge in [-0.15, -0.1) is 36.2 Å². The second-order valence-corrected chi connectivity index (χ2v) is 7.44. The summed E-state index contributed by atoms with van der Waals surface area (Å²) in [4.78, 5) is 21.5. The Morgan fingerprint density at radius 3 is 2.76 bits per heavy atom. The van der Waals surface area contributed by atoms with Crippen molar-refractivity contribution in [1.29, 1.82) is 0 Å². The molecular formula is C17H30Cl2N4OS. The maximum atomic E-state index is 12.3. The molecule has 0 aromatic carbocycles. The molecule has 0 aliphatic carbocycles. The van der Waals surface area contributed by atoms with Crippen molar-refractivity contribution in [1.82, 2.24) is 20.1 Å². The van der Waals surface area contributed by atoms with Gasteiger partial charge in [-0.3, -0.25) is 4.79 Å². The molecule has 8 heteroatoms. The minimum Gasteiger partial charge on any atom is -0.340 e. The molecule has 3 rings (SSSR count). The molecule has 0 saturated carbocycles. The summed E-state index contributed by atoms with van der Waals surface area (Å²) >= 11 is 1.81. The van der Waals surface area contributed by atoms with E-state index in [2.05, 4.69) is 22.5 Å². The number of nitrogens with one attached hydrogen (secondary N) is 1. The Balaban J connectivity index is 0.00000156. The Labute approximate surface area is 167 Å². The highest BCUT2D eigenvalue weighted by molar-refractivity contribution is 7.09. The fourth-order valence-corrected chi connectivity index (χ4v) is 4.49. The summed E-state index contributed by atoms with van der Waals surface area (Å²) in [7, 11) is 0. The molecule has 2 aliphatic rings. The summed E-state index contributed by atoms with van der Waals surface area (Å²) in [6.07, 6.45) is 4.13. The average molecular weight is 409 g/mol. The minimum absolute atomic E-state index is 0. The first-order valence-corrected chi connectivity index (χ1v) is 9.79. The standard InChI is InChI=1S/C17H28N4OS.2ClH/c1-2-15-13-23-17(19-15)14-4-3-8-20(12-14)9-5-16(22)21-10-6-18-7-11-21;;/h13-14,18H,2-12H2,1H3;2*1H. The van der Waals surface area contributed by atoms with Crippen LogP contribution in [0.15, 0.2) is 5.38 Å². The van der Waals surface area contributed by atoms with Crippen molar-refractivity contribution in [3.63, 3.8) is 0 Å². The SMILES string of the molecule is CCc1csc(C2CCCN(CCC(=O)N3CCNCC3)C2)n1.Cl.Cl. The molecule has 1 amide bonds. The van der Waals surface area contributed by atoms with E-state index >= 15 is 0 Å². The quantitative estimate of drug-likeness (QED) is 0.812. The van der Waals surface area contributed by atoms with Gasteiger partial charge in [-0.1, -0.05) is 6.92 Å². The van der Waals surface area contributed by atoms with Gasteiger partial charge in [0.1, 0.15) is 0 Å². The van der Waals surface area contributed by atoms with Crippen LogP contribution in [0.3, 0.4) is 0 Å². The lowest BCUT2D eigenvalue weighted by molar-refractivity contribution is -0.132. The maximum Gasteiger partial charge on any atom is 0.223 e. The van der Waals surface area contributed by atoms with Crippen LogP contribution in [-0.4, -0.2) is 66.5 Å². The average Bonchev–Trinajstić information content (AvgIpc) is 3.10. The molecule has 2 fully saturated rings. The fraction of sp³-hybridized carbons (Fsp3) is 0.765. The van der Waals surface area contributed by atoms with Crippen LogP contribution in [0.5, 0.6) is 0 Å². The first kappa shape index (κ1) is 22.6. The number of thiazole rings is 1. The molecule has 1 atom stereocenters. The van der Waals surface area contributed by atoms with Crippen LogP contribution < -0.4 is 5.32 Å². The van der Waals surface area contributed by atoms with E-state index in [4.69, 9.17) is 4.98 Å². The molecule has 3 heterocycles. The number of aromatic nitrogens is 1. The van der Waals surface area contributed by atoms with E-state index in [-0.39, 0.29) is 24.8 Å². The molecule has 1 unspecified atom stereocenters. The van der Waals surface area contributed by atoms with Crippen molar-refractivity contribution < 1.29 is 4.79 Å². The predicted octanol–water partition coefficient (Wildman–Crippen LogP) is 2.55. The molecule has 2 aliphatic heterocycles. The zero-order valence-corrected chi connectivity index (χ0v) is 17.4. The van der Waals surface area contributed by atoms with Crippen LogP contribution in [0, 0.1) is 0 Å². The molecule has 2 saturated heterocycles. The number of rotatable bonds is 5. The summed E-state index contributed by atoms with van der Waals surface area (Å²) < 4.78 is 0. The summed E-state index contributed by atoms with van der Waals surface area (Å²) in [5.41, 5.74) is 1.22. The number of piperidine rings is 1. The highest BCUT2D eigenvalue weighted by atomic mass is 35.5. The number of aryl methyl sites for hydroxylation is 1. The van der Waals surface area contributed by atoms with Crippen LogP contribution in [0.25, 0.3) is 0 Å². The number of hydrogen-bond donors (Lipinski definition) is 1. The summed E-state index contributed by atoms with van der Waals surface area (Å²) in [6.45, 7) is 8.82. The van der Waals surface area contributed by atoms with Gasteiger partial charge in [0, 0.05) is 57.0 Å². The number of piperazine rings is 1. The van der Waals surface area contributed by atoms with Gasteiger partial charge in [-0.2, -0.15) is 0 Å². The smallest absolute Gasteiger partial charge is 0.223 e. The molecule has 144 valence electrons. The van der Waals surface area contributed by atoms with Crippen molar-refractivity contribution in [3.8, 4) is 0 Å². The summed E-state index contributed by atoms with van der Waals surface area (Å²) in [5, 5.41) is 6.78. The molecule has 1 aromatic rings. The largest absolute Gasteiger partial charge is 0.340 e. The van der Waals surface area contributed by atoms with E-state index in [0.717, 1.165) is 52.2 Å². The molecule has 0 bridgehead atoms. The molecule has 0 radical (unpaired) electrons. The van der Waals surface area contributed by atoms with Crippen LogP contribution >= 0.6 is 36.2 Å². The molecule has 0 spiro atoms. The lowest BCUT2D eigenvalue weighted by atomic mass is 9.98. The van der Waals surface area contributed by atoms with Crippen LogP contribution in [0.1, 0.15) is 42.8 Å². The predicted molar refractivity (Wildman–Crippen MR) is 108 cm³/mol. The number of halogens is 2. The zero-order valence-electron chi connectivity index (χ0n) is 14.9. The van der Waals surface area contributed by atoms with Gasteiger partial charge in [-0.05, 0) is 25.8 Å². The maximum absolute atomic E-state index is 12.3. The number of likely N-dealkylation sites (tertiary alicyclic amines) is 1. The third kappa shape index (κ3) is 6.36. The Hall–Kier alpha value is -0.400. The molecule has 1 aromatic heterocycles. The molecule has 1 N–H and O–H groups in total. The number of nitrogens with zero attached hydrogens (tertiary/aromatic N) is 3. The summed E-state index contributed by atoms with van der Waals surface area (Å²) in [5.74, 6) is 0.875. The van der Waals surface area contributed by atoms with E-state index < -0.39 is 0 Å². The van der Waals surface area contributed by atoms with E-state index in [1.54, 1.807) is 0 Å². The Kier molecular flexibility index (Phi) is 10.3. The molecule has 25 heavy (non-hydrogen) atoms. The van der Waals surface area contributed by atoms with Gasteiger partial charge in [0.05, 0.1) is 10.7 Å². The van der Waals surface area contributed by atoms with Gasteiger partial charge in [-0.25, -0.2) is 4.98 Å². The number of carbonyl (C=O) groups is 1. The van der Waals surface area contributed by atoms with E-state index in [0.29, 0.717) is 18.2 Å². The Morgan fingerprint density at radius 2 is 2.08 bits per heavy atom. The van der Waals surface area contributed by atoms with Gasteiger partial charge in [0.2, 0.25) is 5.91 Å². The second-order valence-electron chi connectivity index (χ2n) is 6.55. The third-order valence-corrected chi connectivity index (χ3v) is 5.95. The van der Waals surface area contributed by atoms with E-state index in [1.165, 1.54) is 23.5 Å². The highest BCUT2D eigenvalue weighted by Gasteiger charge is 2.24. The normalized spacial score (nSPS) is 21.3. The minimum atomic E-state index is 0. The number of carbonyl (C=O) groups excluding carboxylic acids is 1.